The monoisotopic (exact) mass is 253 g/mol. The highest BCUT2D eigenvalue weighted by Crippen LogP contribution is 2.44. The number of hydrogen-bond acceptors (Lipinski definition) is 4. The first-order valence-corrected chi connectivity index (χ1v) is 7.31. The van der Waals surface area contributed by atoms with E-state index in [0.29, 0.717) is 11.5 Å². The molecule has 2 rings (SSSR count). The van der Waals surface area contributed by atoms with Crippen molar-refractivity contribution in [2.24, 2.45) is 5.41 Å². The fourth-order valence-electron chi connectivity index (χ4n) is 2.06. The zero-order valence-corrected chi connectivity index (χ0v) is 12.1. The third-order valence-electron chi connectivity index (χ3n) is 3.61. The van der Waals surface area contributed by atoms with Crippen LogP contribution in [0, 0.1) is 5.41 Å². The maximum absolute atomic E-state index is 4.50. The Balaban J connectivity index is 1.86. The van der Waals surface area contributed by atoms with Crippen LogP contribution in [0.4, 0.5) is 5.13 Å². The lowest BCUT2D eigenvalue weighted by Gasteiger charge is -2.16. The molecule has 1 aliphatic rings. The van der Waals surface area contributed by atoms with Crippen molar-refractivity contribution in [1.82, 2.24) is 10.3 Å². The molecule has 0 spiro atoms. The van der Waals surface area contributed by atoms with Gasteiger partial charge < -0.3 is 10.2 Å². The Labute approximate surface area is 108 Å². The first-order chi connectivity index (χ1) is 8.06. The quantitative estimate of drug-likeness (QED) is 0.845. The molecule has 1 saturated carbocycles. The van der Waals surface area contributed by atoms with Crippen LogP contribution < -0.4 is 10.2 Å². The Morgan fingerprint density at radius 1 is 1.47 bits per heavy atom. The molecule has 0 aliphatic heterocycles. The molecule has 1 aliphatic carbocycles. The molecule has 1 N–H and O–H groups in total. The van der Waals surface area contributed by atoms with Gasteiger partial charge in [-0.05, 0) is 25.7 Å². The summed E-state index contributed by atoms with van der Waals surface area (Å²) >= 11 is 1.81. The molecule has 1 fully saturated rings. The summed E-state index contributed by atoms with van der Waals surface area (Å²) in [5.74, 6) is 0. The molecule has 1 aromatic rings. The van der Waals surface area contributed by atoms with E-state index in [1.54, 1.807) is 0 Å². The molecule has 96 valence electrons. The maximum atomic E-state index is 4.50. The average molecular weight is 253 g/mol. The van der Waals surface area contributed by atoms with Gasteiger partial charge in [0.15, 0.2) is 5.13 Å². The summed E-state index contributed by atoms with van der Waals surface area (Å²) < 4.78 is 0. The van der Waals surface area contributed by atoms with Crippen LogP contribution in [-0.2, 0) is 6.54 Å². The topological polar surface area (TPSA) is 28.2 Å². The second-order valence-electron chi connectivity index (χ2n) is 5.41. The Morgan fingerprint density at radius 3 is 2.65 bits per heavy atom. The van der Waals surface area contributed by atoms with Gasteiger partial charge in [-0.3, -0.25) is 0 Å². The number of rotatable bonds is 6. The Kier molecular flexibility index (Phi) is 3.73. The van der Waals surface area contributed by atoms with Gasteiger partial charge in [0.05, 0.1) is 0 Å². The molecule has 1 unspecified atom stereocenters. The number of nitrogens with zero attached hydrogens (tertiary/aromatic N) is 2. The molecule has 4 heteroatoms. The lowest BCUT2D eigenvalue weighted by molar-refractivity contribution is 0.544. The fourth-order valence-corrected chi connectivity index (χ4v) is 3.05. The first-order valence-electron chi connectivity index (χ1n) is 6.50. The van der Waals surface area contributed by atoms with Gasteiger partial charge in [-0.1, -0.05) is 13.8 Å². The van der Waals surface area contributed by atoms with Crippen LogP contribution in [-0.4, -0.2) is 24.1 Å². The molecule has 0 aromatic carbocycles. The van der Waals surface area contributed by atoms with Crippen molar-refractivity contribution in [3.63, 3.8) is 0 Å². The van der Waals surface area contributed by atoms with Crippen LogP contribution in [0.1, 0.15) is 39.0 Å². The fraction of sp³-hybridized carbons (Fsp3) is 0.769. The van der Waals surface area contributed by atoms with Crippen LogP contribution in [0.15, 0.2) is 6.20 Å². The van der Waals surface area contributed by atoms with Crippen molar-refractivity contribution in [2.75, 3.05) is 18.0 Å². The van der Waals surface area contributed by atoms with Crippen LogP contribution in [0.3, 0.4) is 0 Å². The van der Waals surface area contributed by atoms with Gasteiger partial charge in [0.1, 0.15) is 0 Å². The zero-order valence-electron chi connectivity index (χ0n) is 11.3. The lowest BCUT2D eigenvalue weighted by atomic mass is 10.2. The van der Waals surface area contributed by atoms with Crippen LogP contribution >= 0.6 is 11.3 Å². The Morgan fingerprint density at radius 2 is 2.12 bits per heavy atom. The molecule has 3 nitrogen and oxygen atoms in total. The van der Waals surface area contributed by atoms with Crippen molar-refractivity contribution in [3.05, 3.63) is 11.1 Å². The van der Waals surface area contributed by atoms with Gasteiger partial charge in [0.2, 0.25) is 0 Å². The van der Waals surface area contributed by atoms with Gasteiger partial charge in [-0.2, -0.15) is 0 Å². The van der Waals surface area contributed by atoms with Gasteiger partial charge in [-0.25, -0.2) is 4.98 Å². The third kappa shape index (κ3) is 2.99. The normalized spacial score (nSPS) is 21.5. The highest BCUT2D eigenvalue weighted by atomic mass is 32.1. The van der Waals surface area contributed by atoms with Gasteiger partial charge in [0, 0.05) is 36.8 Å². The maximum Gasteiger partial charge on any atom is 0.185 e. The van der Waals surface area contributed by atoms with Crippen LogP contribution in [0.2, 0.25) is 0 Å². The third-order valence-corrected chi connectivity index (χ3v) is 4.67. The largest absolute Gasteiger partial charge is 0.349 e. The average Bonchev–Trinajstić information content (AvgIpc) is 2.72. The molecule has 0 saturated heterocycles. The molecule has 1 atom stereocenters. The van der Waals surface area contributed by atoms with E-state index in [4.69, 9.17) is 0 Å². The second-order valence-corrected chi connectivity index (χ2v) is 6.50. The number of nitrogens with one attached hydrogen (secondary N) is 1. The predicted octanol–water partition coefficient (Wildman–Crippen LogP) is 2.88. The van der Waals surface area contributed by atoms with Gasteiger partial charge in [-0.15, -0.1) is 11.3 Å². The van der Waals surface area contributed by atoms with Crippen LogP contribution in [0.25, 0.3) is 0 Å². The number of thiazole rings is 1. The predicted molar refractivity (Wildman–Crippen MR) is 74.7 cm³/mol. The minimum atomic E-state index is 0.506. The molecular weight excluding hydrogens is 230 g/mol. The highest BCUT2D eigenvalue weighted by molar-refractivity contribution is 7.15. The summed E-state index contributed by atoms with van der Waals surface area (Å²) in [6.07, 6.45) is 3.31. The van der Waals surface area contributed by atoms with E-state index in [2.05, 4.69) is 42.9 Å². The van der Waals surface area contributed by atoms with E-state index in [9.17, 15) is 0 Å². The summed E-state index contributed by atoms with van der Waals surface area (Å²) in [6, 6.07) is 0.696. The lowest BCUT2D eigenvalue weighted by Crippen LogP contribution is -2.21. The summed E-state index contributed by atoms with van der Waals surface area (Å²) in [5, 5.41) is 4.76. The van der Waals surface area contributed by atoms with Crippen molar-refractivity contribution in [1.29, 1.82) is 0 Å². The number of hydrogen-bond donors (Lipinski definition) is 1. The van der Waals surface area contributed by atoms with Crippen molar-refractivity contribution in [3.8, 4) is 0 Å². The van der Waals surface area contributed by atoms with Gasteiger partial charge >= 0.3 is 0 Å². The number of aromatic nitrogens is 1. The van der Waals surface area contributed by atoms with Crippen molar-refractivity contribution < 1.29 is 0 Å². The summed E-state index contributed by atoms with van der Waals surface area (Å²) in [5.41, 5.74) is 0.506. The van der Waals surface area contributed by atoms with E-state index < -0.39 is 0 Å². The van der Waals surface area contributed by atoms with Crippen LogP contribution in [0.5, 0.6) is 0 Å². The van der Waals surface area contributed by atoms with Crippen molar-refractivity contribution >= 4 is 16.5 Å². The summed E-state index contributed by atoms with van der Waals surface area (Å²) in [4.78, 5) is 8.14. The van der Waals surface area contributed by atoms with E-state index in [1.165, 1.54) is 11.3 Å². The minimum absolute atomic E-state index is 0.506. The summed E-state index contributed by atoms with van der Waals surface area (Å²) in [6.45, 7) is 12.0. The van der Waals surface area contributed by atoms with E-state index in [0.717, 1.165) is 24.8 Å². The Hall–Kier alpha value is -0.610. The second kappa shape index (κ2) is 4.94. The molecule has 0 radical (unpaired) electrons. The molecular formula is C13H23N3S. The zero-order chi connectivity index (χ0) is 12.5. The van der Waals surface area contributed by atoms with E-state index in [-0.39, 0.29) is 0 Å². The standard InChI is InChI=1S/C13H23N3S/c1-5-16(6-2)12-15-9-10(17-12)8-14-11-7-13(11,3)4/h9,11,14H,5-8H2,1-4H3. The number of anilines is 1. The van der Waals surface area contributed by atoms with E-state index >= 15 is 0 Å². The van der Waals surface area contributed by atoms with E-state index in [1.807, 2.05) is 17.5 Å². The smallest absolute Gasteiger partial charge is 0.185 e. The SMILES string of the molecule is CCN(CC)c1ncc(CNC2CC2(C)C)s1. The molecule has 1 heterocycles. The Bertz CT molecular complexity index is 368. The molecule has 17 heavy (non-hydrogen) atoms. The minimum Gasteiger partial charge on any atom is -0.349 e. The van der Waals surface area contributed by atoms with Crippen molar-refractivity contribution in [2.45, 2.75) is 46.7 Å². The van der Waals surface area contributed by atoms with Gasteiger partial charge in [0.25, 0.3) is 0 Å². The molecule has 0 bridgehead atoms. The highest BCUT2D eigenvalue weighted by Gasteiger charge is 2.45. The molecule has 1 aromatic heterocycles. The molecule has 0 amide bonds. The summed E-state index contributed by atoms with van der Waals surface area (Å²) in [7, 11) is 0. The first kappa shape index (κ1) is 12.8.